The highest BCUT2D eigenvalue weighted by Crippen LogP contribution is 2.37. The zero-order valence-corrected chi connectivity index (χ0v) is 10.5. The fraction of sp³-hybridized carbons (Fsp3) is 0.571. The SMILES string of the molecule is OC(Cc1cc(Cl)cc2c1OCC2)CC1CC1. The molecule has 1 heterocycles. The minimum Gasteiger partial charge on any atom is -0.493 e. The average Bonchev–Trinajstić information content (AvgIpc) is 2.94. The molecule has 1 saturated carbocycles. The van der Waals surface area contributed by atoms with Crippen LogP contribution < -0.4 is 4.74 Å². The molecule has 0 saturated heterocycles. The van der Waals surface area contributed by atoms with Crippen molar-refractivity contribution in [1.29, 1.82) is 0 Å². The van der Waals surface area contributed by atoms with E-state index in [2.05, 4.69) is 0 Å². The van der Waals surface area contributed by atoms with Gasteiger partial charge in [-0.3, -0.25) is 0 Å². The third-order valence-electron chi connectivity index (χ3n) is 3.58. The van der Waals surface area contributed by atoms with Gasteiger partial charge in [-0.25, -0.2) is 0 Å². The molecule has 1 aliphatic heterocycles. The molecule has 0 bridgehead atoms. The Morgan fingerprint density at radius 2 is 2.24 bits per heavy atom. The van der Waals surface area contributed by atoms with Gasteiger partial charge in [0.25, 0.3) is 0 Å². The Bertz CT molecular complexity index is 426. The van der Waals surface area contributed by atoms with Crippen molar-refractivity contribution in [2.75, 3.05) is 6.61 Å². The van der Waals surface area contributed by atoms with Crippen LogP contribution >= 0.6 is 11.6 Å². The van der Waals surface area contributed by atoms with Crippen LogP contribution in [-0.4, -0.2) is 17.8 Å². The highest BCUT2D eigenvalue weighted by Gasteiger charge is 2.26. The van der Waals surface area contributed by atoms with Crippen LogP contribution in [0.3, 0.4) is 0 Å². The van der Waals surface area contributed by atoms with E-state index in [1.54, 1.807) is 0 Å². The minimum atomic E-state index is -0.255. The number of benzene rings is 1. The number of aliphatic hydroxyl groups excluding tert-OH is 1. The van der Waals surface area contributed by atoms with Gasteiger partial charge in [0, 0.05) is 17.9 Å². The van der Waals surface area contributed by atoms with E-state index in [0.717, 1.165) is 41.7 Å². The zero-order chi connectivity index (χ0) is 11.8. The summed E-state index contributed by atoms with van der Waals surface area (Å²) in [5.41, 5.74) is 2.25. The summed E-state index contributed by atoms with van der Waals surface area (Å²) >= 11 is 6.09. The molecule has 17 heavy (non-hydrogen) atoms. The number of hydrogen-bond acceptors (Lipinski definition) is 2. The van der Waals surface area contributed by atoms with Crippen molar-refractivity contribution in [3.63, 3.8) is 0 Å². The Balaban J connectivity index is 1.77. The third kappa shape index (κ3) is 2.58. The maximum absolute atomic E-state index is 10.0. The molecule has 2 nitrogen and oxygen atoms in total. The Hall–Kier alpha value is -0.730. The Kier molecular flexibility index (Phi) is 3.01. The van der Waals surface area contributed by atoms with Crippen molar-refractivity contribution in [1.82, 2.24) is 0 Å². The lowest BCUT2D eigenvalue weighted by molar-refractivity contribution is 0.157. The zero-order valence-electron chi connectivity index (χ0n) is 9.79. The van der Waals surface area contributed by atoms with Crippen LogP contribution in [0.25, 0.3) is 0 Å². The molecule has 0 radical (unpaired) electrons. The standard InChI is InChI=1S/C14H17ClO2/c15-12-6-10-3-4-17-14(10)11(7-12)8-13(16)5-9-1-2-9/h6-7,9,13,16H,1-5,8H2. The van der Waals surface area contributed by atoms with Crippen molar-refractivity contribution in [3.05, 3.63) is 28.3 Å². The average molecular weight is 253 g/mol. The smallest absolute Gasteiger partial charge is 0.126 e. The molecule has 1 aliphatic carbocycles. The number of ether oxygens (including phenoxy) is 1. The van der Waals surface area contributed by atoms with Crippen molar-refractivity contribution >= 4 is 11.6 Å². The third-order valence-corrected chi connectivity index (χ3v) is 3.80. The molecule has 3 heteroatoms. The van der Waals surface area contributed by atoms with Crippen LogP contribution in [-0.2, 0) is 12.8 Å². The molecule has 1 atom stereocenters. The van der Waals surface area contributed by atoms with Gasteiger partial charge >= 0.3 is 0 Å². The molecule has 92 valence electrons. The maximum atomic E-state index is 10.0. The second-order valence-electron chi connectivity index (χ2n) is 5.19. The lowest BCUT2D eigenvalue weighted by atomic mass is 10.0. The molecular formula is C14H17ClO2. The van der Waals surface area contributed by atoms with Crippen molar-refractivity contribution in [2.45, 2.75) is 38.2 Å². The van der Waals surface area contributed by atoms with Crippen molar-refractivity contribution in [3.8, 4) is 5.75 Å². The van der Waals surface area contributed by atoms with Crippen LogP contribution in [0, 0.1) is 5.92 Å². The van der Waals surface area contributed by atoms with Crippen LogP contribution in [0.1, 0.15) is 30.4 Å². The lowest BCUT2D eigenvalue weighted by Crippen LogP contribution is -2.12. The molecule has 1 fully saturated rings. The number of halogens is 1. The van der Waals surface area contributed by atoms with Crippen LogP contribution in [0.15, 0.2) is 12.1 Å². The second-order valence-corrected chi connectivity index (χ2v) is 5.63. The summed E-state index contributed by atoms with van der Waals surface area (Å²) in [5, 5.41) is 10.8. The van der Waals surface area contributed by atoms with Crippen LogP contribution in [0.5, 0.6) is 5.75 Å². The highest BCUT2D eigenvalue weighted by atomic mass is 35.5. The van der Waals surface area contributed by atoms with E-state index in [-0.39, 0.29) is 6.10 Å². The molecule has 0 aromatic heterocycles. The van der Waals surface area contributed by atoms with E-state index in [1.165, 1.54) is 18.4 Å². The van der Waals surface area contributed by atoms with E-state index in [1.807, 2.05) is 12.1 Å². The molecule has 0 spiro atoms. The fourth-order valence-corrected chi connectivity index (χ4v) is 2.84. The summed E-state index contributed by atoms with van der Waals surface area (Å²) in [6.45, 7) is 0.737. The summed E-state index contributed by atoms with van der Waals surface area (Å²) in [6, 6.07) is 3.91. The van der Waals surface area contributed by atoms with Gasteiger partial charge in [-0.2, -0.15) is 0 Å². The quantitative estimate of drug-likeness (QED) is 0.893. The summed E-state index contributed by atoms with van der Waals surface area (Å²) in [7, 11) is 0. The second kappa shape index (κ2) is 4.51. The van der Waals surface area contributed by atoms with E-state index in [4.69, 9.17) is 16.3 Å². The predicted octanol–water partition coefficient (Wildman–Crippen LogP) is 2.98. The van der Waals surface area contributed by atoms with Gasteiger partial charge < -0.3 is 9.84 Å². The Labute approximate surface area is 107 Å². The normalized spacial score (nSPS) is 19.9. The summed E-state index contributed by atoms with van der Waals surface area (Å²) in [6.07, 6.45) is 4.82. The highest BCUT2D eigenvalue weighted by molar-refractivity contribution is 6.30. The molecule has 1 aromatic rings. The molecule has 3 rings (SSSR count). The predicted molar refractivity (Wildman–Crippen MR) is 67.7 cm³/mol. The minimum absolute atomic E-state index is 0.255. The van der Waals surface area contributed by atoms with E-state index < -0.39 is 0 Å². The fourth-order valence-electron chi connectivity index (χ4n) is 2.57. The van der Waals surface area contributed by atoms with Gasteiger partial charge in [-0.05, 0) is 35.6 Å². The number of rotatable bonds is 4. The molecular weight excluding hydrogens is 236 g/mol. The molecule has 0 amide bonds. The largest absolute Gasteiger partial charge is 0.493 e. The summed E-state index contributed by atoms with van der Waals surface area (Å²) < 4.78 is 5.64. The molecule has 2 aliphatic rings. The van der Waals surface area contributed by atoms with Crippen LogP contribution in [0.2, 0.25) is 5.02 Å². The first kappa shape index (κ1) is 11.4. The number of fused-ring (bicyclic) bond motifs is 1. The van der Waals surface area contributed by atoms with Gasteiger partial charge in [0.2, 0.25) is 0 Å². The van der Waals surface area contributed by atoms with Gasteiger partial charge in [-0.1, -0.05) is 24.4 Å². The van der Waals surface area contributed by atoms with Gasteiger partial charge in [0.1, 0.15) is 5.75 Å². The Morgan fingerprint density at radius 1 is 1.41 bits per heavy atom. The van der Waals surface area contributed by atoms with E-state index >= 15 is 0 Å². The van der Waals surface area contributed by atoms with E-state index in [9.17, 15) is 5.11 Å². The van der Waals surface area contributed by atoms with Gasteiger partial charge in [0.05, 0.1) is 12.7 Å². The van der Waals surface area contributed by atoms with Crippen molar-refractivity contribution < 1.29 is 9.84 Å². The Morgan fingerprint density at radius 3 is 3.00 bits per heavy atom. The number of aliphatic hydroxyl groups is 1. The van der Waals surface area contributed by atoms with Gasteiger partial charge in [0.15, 0.2) is 0 Å². The maximum Gasteiger partial charge on any atom is 0.126 e. The van der Waals surface area contributed by atoms with Crippen LogP contribution in [0.4, 0.5) is 0 Å². The van der Waals surface area contributed by atoms with Crippen molar-refractivity contribution in [2.24, 2.45) is 5.92 Å². The molecule has 1 unspecified atom stereocenters. The number of hydrogen-bond donors (Lipinski definition) is 1. The first-order valence-electron chi connectivity index (χ1n) is 6.34. The van der Waals surface area contributed by atoms with Gasteiger partial charge in [-0.15, -0.1) is 0 Å². The first-order valence-corrected chi connectivity index (χ1v) is 6.72. The molecule has 1 aromatic carbocycles. The lowest BCUT2D eigenvalue weighted by Gasteiger charge is -2.13. The van der Waals surface area contributed by atoms with E-state index in [0.29, 0.717) is 6.42 Å². The summed E-state index contributed by atoms with van der Waals surface area (Å²) in [5.74, 6) is 1.71. The molecule has 1 N–H and O–H groups in total. The first-order chi connectivity index (χ1) is 8.22. The topological polar surface area (TPSA) is 29.5 Å². The summed E-state index contributed by atoms with van der Waals surface area (Å²) in [4.78, 5) is 0. The monoisotopic (exact) mass is 252 g/mol.